The van der Waals surface area contributed by atoms with E-state index in [4.69, 9.17) is 11.0 Å². The van der Waals surface area contributed by atoms with Crippen molar-refractivity contribution < 1.29 is 4.63 Å². The van der Waals surface area contributed by atoms with E-state index in [2.05, 4.69) is 35.1 Å². The van der Waals surface area contributed by atoms with Crippen molar-refractivity contribution in [1.29, 1.82) is 5.26 Å². The molecule has 24 heavy (non-hydrogen) atoms. The van der Waals surface area contributed by atoms with Gasteiger partial charge in [-0.1, -0.05) is 0 Å². The maximum absolute atomic E-state index is 8.81. The highest BCUT2D eigenvalue weighted by Crippen LogP contribution is 2.26. The summed E-state index contributed by atoms with van der Waals surface area (Å²) in [5.41, 5.74) is 8.32. The molecule has 0 fully saturated rings. The van der Waals surface area contributed by atoms with Gasteiger partial charge in [-0.2, -0.15) is 10.4 Å². The van der Waals surface area contributed by atoms with Crippen LogP contribution in [-0.4, -0.2) is 35.0 Å². The Labute approximate surface area is 134 Å². The Balaban J connectivity index is 1.86. The molecule has 0 aliphatic carbocycles. The fraction of sp³-hybridized carbons (Fsp3) is 0.0714. The molecule has 0 radical (unpaired) electrons. The zero-order valence-corrected chi connectivity index (χ0v) is 12.2. The molecule has 10 heteroatoms. The number of nitrogens with zero attached hydrogens (tertiary/aromatic N) is 8. The molecule has 0 atom stereocenters. The molecule has 2 N–H and O–H groups in total. The van der Waals surface area contributed by atoms with E-state index in [0.717, 1.165) is 0 Å². The van der Waals surface area contributed by atoms with Crippen LogP contribution in [0.2, 0.25) is 0 Å². The molecule has 0 saturated heterocycles. The first-order valence-electron chi connectivity index (χ1n) is 6.88. The Morgan fingerprint density at radius 3 is 2.83 bits per heavy atom. The minimum atomic E-state index is 0.137. The summed E-state index contributed by atoms with van der Waals surface area (Å²) < 4.78 is 6.46. The second-order valence-corrected chi connectivity index (χ2v) is 4.89. The highest BCUT2D eigenvalue weighted by molar-refractivity contribution is 5.78. The Morgan fingerprint density at radius 2 is 2.12 bits per heavy atom. The number of nitrogen functional groups attached to an aromatic ring is 1. The third kappa shape index (κ3) is 2.20. The molecule has 116 valence electrons. The number of nitrogens with two attached hydrogens (primary N) is 1. The van der Waals surface area contributed by atoms with Gasteiger partial charge < -0.3 is 10.3 Å². The number of fused-ring (bicyclic) bond motifs is 1. The number of nitriles is 1. The average molecular weight is 319 g/mol. The van der Waals surface area contributed by atoms with Gasteiger partial charge in [-0.3, -0.25) is 0 Å². The topological polar surface area (TPSA) is 145 Å². The van der Waals surface area contributed by atoms with Crippen molar-refractivity contribution in [3.05, 3.63) is 41.9 Å². The van der Waals surface area contributed by atoms with Crippen LogP contribution in [0.5, 0.6) is 0 Å². The highest BCUT2D eigenvalue weighted by Gasteiger charge is 2.20. The summed E-state index contributed by atoms with van der Waals surface area (Å²) in [6, 6.07) is 8.86. The predicted octanol–water partition coefficient (Wildman–Crippen LogP) is 0.773. The molecule has 0 spiro atoms. The number of pyridine rings is 1. The fourth-order valence-corrected chi connectivity index (χ4v) is 2.31. The Bertz CT molecular complexity index is 1060. The van der Waals surface area contributed by atoms with Crippen molar-refractivity contribution in [3.8, 4) is 17.6 Å². The van der Waals surface area contributed by atoms with Gasteiger partial charge >= 0.3 is 0 Å². The first-order valence-corrected chi connectivity index (χ1v) is 6.88. The fourth-order valence-electron chi connectivity index (χ4n) is 2.31. The quantitative estimate of drug-likeness (QED) is 0.578. The zero-order valence-electron chi connectivity index (χ0n) is 12.2. The molecule has 4 aromatic rings. The molecule has 0 amide bonds. The molecular weight excluding hydrogens is 310 g/mol. The van der Waals surface area contributed by atoms with Crippen LogP contribution in [0.25, 0.3) is 22.7 Å². The third-order valence-corrected chi connectivity index (χ3v) is 3.38. The van der Waals surface area contributed by atoms with Crippen molar-refractivity contribution in [3.63, 3.8) is 0 Å². The lowest BCUT2D eigenvalue weighted by atomic mass is 10.3. The Morgan fingerprint density at radius 1 is 1.21 bits per heavy atom. The normalized spacial score (nSPS) is 10.8. The molecule has 0 aliphatic rings. The van der Waals surface area contributed by atoms with Crippen LogP contribution in [-0.2, 0) is 6.54 Å². The molecule has 0 unspecified atom stereocenters. The van der Waals surface area contributed by atoms with E-state index in [0.29, 0.717) is 34.9 Å². The first-order chi connectivity index (χ1) is 11.8. The van der Waals surface area contributed by atoms with E-state index < -0.39 is 0 Å². The molecule has 4 rings (SSSR count). The molecular formula is C14H9N9O. The van der Waals surface area contributed by atoms with Crippen LogP contribution in [0.15, 0.2) is 35.1 Å². The van der Waals surface area contributed by atoms with Crippen LogP contribution in [0.3, 0.4) is 0 Å². The number of rotatable bonds is 3. The van der Waals surface area contributed by atoms with E-state index in [1.54, 1.807) is 29.0 Å². The maximum atomic E-state index is 8.81. The molecule has 4 heterocycles. The Kier molecular flexibility index (Phi) is 3.10. The van der Waals surface area contributed by atoms with Gasteiger partial charge in [0.2, 0.25) is 0 Å². The molecule has 0 saturated carbocycles. The van der Waals surface area contributed by atoms with Gasteiger partial charge in [0.05, 0.1) is 12.2 Å². The summed E-state index contributed by atoms with van der Waals surface area (Å²) in [7, 11) is 0. The van der Waals surface area contributed by atoms with Crippen molar-refractivity contribution in [2.75, 3.05) is 5.73 Å². The summed E-state index contributed by atoms with van der Waals surface area (Å²) in [5, 5.41) is 24.1. The molecule has 4 aromatic heterocycles. The van der Waals surface area contributed by atoms with Gasteiger partial charge in [0.1, 0.15) is 11.6 Å². The predicted molar refractivity (Wildman–Crippen MR) is 81.1 cm³/mol. The van der Waals surface area contributed by atoms with E-state index in [9.17, 15) is 0 Å². The molecule has 0 aliphatic heterocycles. The summed E-state index contributed by atoms with van der Waals surface area (Å²) in [5.74, 6) is 0.603. The summed E-state index contributed by atoms with van der Waals surface area (Å²) >= 11 is 0. The maximum Gasteiger partial charge on any atom is 0.199 e. The first kappa shape index (κ1) is 13.8. The second kappa shape index (κ2) is 5.40. The van der Waals surface area contributed by atoms with E-state index in [1.807, 2.05) is 12.1 Å². The van der Waals surface area contributed by atoms with E-state index >= 15 is 0 Å². The van der Waals surface area contributed by atoms with Gasteiger partial charge in [0.15, 0.2) is 28.7 Å². The minimum absolute atomic E-state index is 0.137. The average Bonchev–Trinajstić information content (AvgIpc) is 3.19. The van der Waals surface area contributed by atoms with Crippen LogP contribution >= 0.6 is 0 Å². The van der Waals surface area contributed by atoms with Crippen LogP contribution in [0, 0.1) is 11.3 Å². The number of aromatic nitrogens is 7. The molecule has 0 aromatic carbocycles. The van der Waals surface area contributed by atoms with Gasteiger partial charge in [-0.25, -0.2) is 14.6 Å². The number of imidazole rings is 1. The number of hydrogen-bond donors (Lipinski definition) is 1. The van der Waals surface area contributed by atoms with E-state index in [-0.39, 0.29) is 11.5 Å². The van der Waals surface area contributed by atoms with Crippen molar-refractivity contribution in [1.82, 2.24) is 35.0 Å². The highest BCUT2D eigenvalue weighted by atomic mass is 16.6. The zero-order chi connectivity index (χ0) is 16.5. The molecule has 10 nitrogen and oxygen atoms in total. The van der Waals surface area contributed by atoms with Crippen LogP contribution in [0.4, 0.5) is 5.82 Å². The largest absolute Gasteiger partial charge is 0.379 e. The standard InChI is InChI=1S/C14H9N9O/c15-6-8-3-4-9(20-19-8)7-23-13-10(2-1-5-17-13)18-14(23)11-12(16)22-24-21-11/h1-5H,7H2,(H2,16,22). The van der Waals surface area contributed by atoms with Crippen LogP contribution in [0.1, 0.15) is 11.4 Å². The second-order valence-electron chi connectivity index (χ2n) is 4.89. The lowest BCUT2D eigenvalue weighted by Gasteiger charge is -2.06. The van der Waals surface area contributed by atoms with Gasteiger partial charge in [0.25, 0.3) is 0 Å². The smallest absolute Gasteiger partial charge is 0.199 e. The van der Waals surface area contributed by atoms with Gasteiger partial charge in [-0.05, 0) is 34.6 Å². The molecule has 0 bridgehead atoms. The SMILES string of the molecule is N#Cc1ccc(Cn2c(-c3nonc3N)nc3cccnc32)nn1. The summed E-state index contributed by atoms with van der Waals surface area (Å²) in [6.07, 6.45) is 1.67. The lowest BCUT2D eigenvalue weighted by Crippen LogP contribution is -2.07. The minimum Gasteiger partial charge on any atom is -0.379 e. The third-order valence-electron chi connectivity index (χ3n) is 3.38. The van der Waals surface area contributed by atoms with E-state index in [1.165, 1.54) is 0 Å². The number of hydrogen-bond acceptors (Lipinski definition) is 9. The van der Waals surface area contributed by atoms with Gasteiger partial charge in [0, 0.05) is 6.20 Å². The van der Waals surface area contributed by atoms with Crippen molar-refractivity contribution in [2.24, 2.45) is 0 Å². The summed E-state index contributed by atoms with van der Waals surface area (Å²) in [6.45, 7) is 0.327. The Hall–Kier alpha value is -3.87. The van der Waals surface area contributed by atoms with Gasteiger partial charge in [-0.15, -0.1) is 5.10 Å². The number of anilines is 1. The summed E-state index contributed by atoms with van der Waals surface area (Å²) in [4.78, 5) is 8.85. The lowest BCUT2D eigenvalue weighted by molar-refractivity contribution is 0.310. The van der Waals surface area contributed by atoms with Crippen LogP contribution < -0.4 is 5.73 Å². The monoisotopic (exact) mass is 319 g/mol. The van der Waals surface area contributed by atoms with Crippen molar-refractivity contribution >= 4 is 17.0 Å². The van der Waals surface area contributed by atoms with Crippen molar-refractivity contribution in [2.45, 2.75) is 6.54 Å².